The smallest absolute Gasteiger partial charge is 0.407 e. The van der Waals surface area contributed by atoms with E-state index in [1.54, 1.807) is 0 Å². The molecule has 176 valence electrons. The zero-order chi connectivity index (χ0) is 23.8. The van der Waals surface area contributed by atoms with Gasteiger partial charge in [-0.1, -0.05) is 68.3 Å². The Morgan fingerprint density at radius 3 is 2.09 bits per heavy atom. The predicted molar refractivity (Wildman–Crippen MR) is 123 cm³/mol. The summed E-state index contributed by atoms with van der Waals surface area (Å²) < 4.78 is 5.51. The minimum absolute atomic E-state index is 0.105. The topological polar surface area (TPSA) is 125 Å². The third-order valence-corrected chi connectivity index (χ3v) is 5.83. The SMILES string of the molecule is CCCCC(NC(=O)OCC1c2ccccc2-c2ccccc21)C(=O)N[C@@H](CCO)C(=O)O. The van der Waals surface area contributed by atoms with Crippen LogP contribution in [0.4, 0.5) is 4.79 Å². The normalized spacial score (nSPS) is 14.0. The number of amides is 2. The van der Waals surface area contributed by atoms with Crippen LogP contribution in [0.15, 0.2) is 48.5 Å². The number of alkyl carbamates (subject to hydrolysis) is 1. The molecule has 8 heteroatoms. The van der Waals surface area contributed by atoms with Gasteiger partial charge in [-0.15, -0.1) is 0 Å². The van der Waals surface area contributed by atoms with Crippen molar-refractivity contribution in [2.24, 2.45) is 0 Å². The van der Waals surface area contributed by atoms with Gasteiger partial charge in [0.15, 0.2) is 0 Å². The molecule has 0 fully saturated rings. The molecule has 2 atom stereocenters. The van der Waals surface area contributed by atoms with Gasteiger partial charge in [0.25, 0.3) is 0 Å². The Kier molecular flexibility index (Phi) is 8.43. The van der Waals surface area contributed by atoms with E-state index in [1.165, 1.54) is 0 Å². The highest BCUT2D eigenvalue weighted by Gasteiger charge is 2.30. The van der Waals surface area contributed by atoms with Crippen LogP contribution in [0.2, 0.25) is 0 Å². The number of ether oxygens (including phenoxy) is 1. The molecule has 33 heavy (non-hydrogen) atoms. The van der Waals surface area contributed by atoms with E-state index in [2.05, 4.69) is 10.6 Å². The highest BCUT2D eigenvalue weighted by Crippen LogP contribution is 2.44. The molecule has 8 nitrogen and oxygen atoms in total. The number of unbranched alkanes of at least 4 members (excludes halogenated alkanes) is 1. The zero-order valence-corrected chi connectivity index (χ0v) is 18.6. The first-order valence-electron chi connectivity index (χ1n) is 11.2. The first-order chi connectivity index (χ1) is 16.0. The number of fused-ring (bicyclic) bond motifs is 3. The second-order valence-electron chi connectivity index (χ2n) is 8.08. The monoisotopic (exact) mass is 454 g/mol. The number of aliphatic hydroxyl groups excluding tert-OH is 1. The lowest BCUT2D eigenvalue weighted by atomic mass is 9.98. The molecule has 0 saturated heterocycles. The summed E-state index contributed by atoms with van der Waals surface area (Å²) >= 11 is 0. The van der Waals surface area contributed by atoms with Crippen molar-refractivity contribution in [2.75, 3.05) is 13.2 Å². The second-order valence-corrected chi connectivity index (χ2v) is 8.08. The van der Waals surface area contributed by atoms with Crippen molar-refractivity contribution >= 4 is 18.0 Å². The number of carboxylic acid groups (broad SMARTS) is 1. The Bertz CT molecular complexity index is 947. The fourth-order valence-electron chi connectivity index (χ4n) is 4.12. The highest BCUT2D eigenvalue weighted by atomic mass is 16.5. The van der Waals surface area contributed by atoms with E-state index in [4.69, 9.17) is 9.84 Å². The van der Waals surface area contributed by atoms with Gasteiger partial charge in [0.2, 0.25) is 5.91 Å². The lowest BCUT2D eigenvalue weighted by Crippen LogP contribution is -2.52. The van der Waals surface area contributed by atoms with Crippen LogP contribution in [-0.2, 0) is 14.3 Å². The molecule has 0 aromatic heterocycles. The molecule has 2 aromatic carbocycles. The van der Waals surface area contributed by atoms with Gasteiger partial charge in [0.1, 0.15) is 18.7 Å². The number of carbonyl (C=O) groups excluding carboxylic acids is 2. The van der Waals surface area contributed by atoms with E-state index in [-0.39, 0.29) is 25.6 Å². The van der Waals surface area contributed by atoms with E-state index < -0.39 is 30.1 Å². The molecule has 0 radical (unpaired) electrons. The summed E-state index contributed by atoms with van der Waals surface area (Å²) in [5.74, 6) is -1.96. The highest BCUT2D eigenvalue weighted by molar-refractivity contribution is 5.89. The summed E-state index contributed by atoms with van der Waals surface area (Å²) in [6.07, 6.45) is 0.959. The van der Waals surface area contributed by atoms with Crippen molar-refractivity contribution in [1.82, 2.24) is 10.6 Å². The number of hydrogen-bond acceptors (Lipinski definition) is 5. The second kappa shape index (κ2) is 11.5. The largest absolute Gasteiger partial charge is 0.480 e. The average Bonchev–Trinajstić information content (AvgIpc) is 3.13. The summed E-state index contributed by atoms with van der Waals surface area (Å²) in [7, 11) is 0. The van der Waals surface area contributed by atoms with Gasteiger partial charge < -0.3 is 25.6 Å². The molecule has 3 rings (SSSR count). The molecule has 0 bridgehead atoms. The molecule has 0 spiro atoms. The van der Waals surface area contributed by atoms with Crippen LogP contribution in [0.1, 0.15) is 49.7 Å². The molecule has 0 aliphatic heterocycles. The number of hydrogen-bond donors (Lipinski definition) is 4. The molecule has 1 unspecified atom stereocenters. The Morgan fingerprint density at radius 2 is 1.55 bits per heavy atom. The van der Waals surface area contributed by atoms with E-state index in [9.17, 15) is 19.5 Å². The Labute approximate surface area is 193 Å². The number of nitrogens with one attached hydrogen (secondary N) is 2. The van der Waals surface area contributed by atoms with E-state index in [0.29, 0.717) is 12.8 Å². The predicted octanol–water partition coefficient (Wildman–Crippen LogP) is 3.04. The van der Waals surface area contributed by atoms with Crippen molar-refractivity contribution in [1.29, 1.82) is 0 Å². The van der Waals surface area contributed by atoms with Crippen molar-refractivity contribution in [3.05, 3.63) is 59.7 Å². The summed E-state index contributed by atoms with van der Waals surface area (Å²) in [5.41, 5.74) is 4.40. The first-order valence-corrected chi connectivity index (χ1v) is 11.2. The maximum atomic E-state index is 12.6. The minimum atomic E-state index is -1.24. The van der Waals surface area contributed by atoms with Gasteiger partial charge in [-0.3, -0.25) is 4.79 Å². The van der Waals surface area contributed by atoms with Gasteiger partial charge in [-0.2, -0.15) is 0 Å². The molecule has 0 saturated carbocycles. The lowest BCUT2D eigenvalue weighted by molar-refractivity contribution is -0.142. The van der Waals surface area contributed by atoms with Gasteiger partial charge in [-0.25, -0.2) is 9.59 Å². The van der Waals surface area contributed by atoms with Crippen molar-refractivity contribution in [3.63, 3.8) is 0 Å². The van der Waals surface area contributed by atoms with E-state index >= 15 is 0 Å². The van der Waals surface area contributed by atoms with Crippen LogP contribution in [0.25, 0.3) is 11.1 Å². The number of rotatable bonds is 11. The number of aliphatic carboxylic acids is 1. The summed E-state index contributed by atoms with van der Waals surface area (Å²) in [4.78, 5) is 36.5. The van der Waals surface area contributed by atoms with Crippen molar-refractivity contribution in [2.45, 2.75) is 50.6 Å². The maximum absolute atomic E-state index is 12.6. The fraction of sp³-hybridized carbons (Fsp3) is 0.400. The van der Waals surface area contributed by atoms with E-state index in [1.807, 2.05) is 55.5 Å². The van der Waals surface area contributed by atoms with Crippen LogP contribution >= 0.6 is 0 Å². The number of carboxylic acids is 1. The van der Waals surface area contributed by atoms with Gasteiger partial charge in [-0.05, 0) is 28.7 Å². The quantitative estimate of drug-likeness (QED) is 0.414. The van der Waals surface area contributed by atoms with Crippen LogP contribution in [-0.4, -0.2) is 53.5 Å². The number of benzene rings is 2. The Balaban J connectivity index is 1.65. The van der Waals surface area contributed by atoms with Crippen LogP contribution in [0, 0.1) is 0 Å². The van der Waals surface area contributed by atoms with Crippen molar-refractivity contribution in [3.8, 4) is 11.1 Å². The maximum Gasteiger partial charge on any atom is 0.407 e. The molecule has 1 aliphatic rings. The number of aliphatic hydroxyl groups is 1. The van der Waals surface area contributed by atoms with Crippen molar-refractivity contribution < 1.29 is 29.3 Å². The summed E-state index contributed by atoms with van der Waals surface area (Å²) in [6, 6.07) is 13.8. The van der Waals surface area contributed by atoms with Gasteiger partial charge >= 0.3 is 12.1 Å². The lowest BCUT2D eigenvalue weighted by Gasteiger charge is -2.21. The Morgan fingerprint density at radius 1 is 0.939 bits per heavy atom. The molecule has 1 aliphatic carbocycles. The third kappa shape index (κ3) is 5.90. The van der Waals surface area contributed by atoms with Gasteiger partial charge in [0, 0.05) is 18.9 Å². The zero-order valence-electron chi connectivity index (χ0n) is 18.6. The molecule has 0 heterocycles. The van der Waals surface area contributed by atoms with Crippen LogP contribution in [0.5, 0.6) is 0 Å². The van der Waals surface area contributed by atoms with Crippen LogP contribution < -0.4 is 10.6 Å². The third-order valence-electron chi connectivity index (χ3n) is 5.83. The minimum Gasteiger partial charge on any atom is -0.480 e. The molecule has 2 amide bonds. The molecule has 2 aromatic rings. The summed E-state index contributed by atoms with van der Waals surface area (Å²) in [5, 5.41) is 23.2. The van der Waals surface area contributed by atoms with Crippen LogP contribution in [0.3, 0.4) is 0 Å². The standard InChI is InChI=1S/C25H30N2O6/c1-2-3-12-21(23(29)26-22(13-14-28)24(30)31)27-25(32)33-15-20-18-10-6-4-8-16(18)17-9-5-7-11-19(17)20/h4-11,20-22,28H,2-3,12-15H2,1H3,(H,26,29)(H,27,32)(H,30,31)/t21?,22-/m0/s1. The molecular formula is C25H30N2O6. The Hall–Kier alpha value is -3.39. The molecule has 4 N–H and O–H groups in total. The van der Waals surface area contributed by atoms with E-state index in [0.717, 1.165) is 28.7 Å². The average molecular weight is 455 g/mol. The summed E-state index contributed by atoms with van der Waals surface area (Å²) in [6.45, 7) is 1.69. The first kappa shape index (κ1) is 24.3. The van der Waals surface area contributed by atoms with Gasteiger partial charge in [0.05, 0.1) is 0 Å². The fourth-order valence-corrected chi connectivity index (χ4v) is 4.12. The number of carbonyl (C=O) groups is 3. The molecular weight excluding hydrogens is 424 g/mol.